The summed E-state index contributed by atoms with van der Waals surface area (Å²) in [5.74, 6) is 0. The summed E-state index contributed by atoms with van der Waals surface area (Å²) >= 11 is 0. The number of nitrogens with zero attached hydrogens (tertiary/aromatic N) is 1. The molecule has 1 atom stereocenters. The molecule has 1 rings (SSSR count). The predicted molar refractivity (Wildman–Crippen MR) is 132 cm³/mol. The lowest BCUT2D eigenvalue weighted by Crippen LogP contribution is -2.26. The molecule has 0 spiro atoms. The molecule has 0 aliphatic rings. The molecule has 0 heterocycles. The molecule has 0 radical (unpaired) electrons. The minimum Gasteiger partial charge on any atom is -0.389 e. The highest BCUT2D eigenvalue weighted by atomic mass is 32.2. The minimum absolute atomic E-state index is 0.00185. The van der Waals surface area contributed by atoms with Crippen molar-refractivity contribution in [1.82, 2.24) is 15.3 Å². The van der Waals surface area contributed by atoms with Crippen molar-refractivity contribution < 1.29 is 26.3 Å². The fourth-order valence-electron chi connectivity index (χ4n) is 2.28. The summed E-state index contributed by atoms with van der Waals surface area (Å²) in [6.45, 7) is 9.33. The van der Waals surface area contributed by atoms with Crippen LogP contribution in [0.3, 0.4) is 0 Å². The lowest BCUT2D eigenvalue weighted by molar-refractivity contribution is -0.0435. The van der Waals surface area contributed by atoms with Gasteiger partial charge in [-0.15, -0.1) is 0 Å². The topological polar surface area (TPSA) is 82.7 Å². The number of benzene rings is 1. The van der Waals surface area contributed by atoms with E-state index in [0.29, 0.717) is 31.4 Å². The zero-order valence-corrected chi connectivity index (χ0v) is 21.5. The number of alkyl halides is 3. The van der Waals surface area contributed by atoms with E-state index < -0.39 is 20.2 Å². The Balaban J connectivity index is 0.00000150. The van der Waals surface area contributed by atoms with E-state index in [2.05, 4.69) is 28.9 Å². The molecule has 190 valence electrons. The van der Waals surface area contributed by atoms with Gasteiger partial charge in [-0.05, 0) is 65.7 Å². The molecule has 33 heavy (non-hydrogen) atoms. The van der Waals surface area contributed by atoms with Crippen molar-refractivity contribution in [2.24, 2.45) is 0 Å². The van der Waals surface area contributed by atoms with Crippen LogP contribution >= 0.6 is 8.73 Å². The van der Waals surface area contributed by atoms with Gasteiger partial charge in [-0.1, -0.05) is 19.2 Å². The number of hydrogen-bond acceptors (Lipinski definition) is 7. The summed E-state index contributed by atoms with van der Waals surface area (Å²) in [5, 5.41) is 9.20. The molecule has 0 fully saturated rings. The summed E-state index contributed by atoms with van der Waals surface area (Å²) in [4.78, 5) is 1.21. The molecule has 0 bridgehead atoms. The van der Waals surface area contributed by atoms with Crippen molar-refractivity contribution in [3.05, 3.63) is 43.1 Å². The molecular formula is C21H36F3N4O3PS. The quantitative estimate of drug-likeness (QED) is 0.201. The molecule has 3 N–H and O–H groups in total. The molecule has 12 heteroatoms. The normalized spacial score (nSPS) is 11.9. The number of anilines is 1. The van der Waals surface area contributed by atoms with Gasteiger partial charge in [-0.25, -0.2) is 8.42 Å². The summed E-state index contributed by atoms with van der Waals surface area (Å²) < 4.78 is 68.1. The van der Waals surface area contributed by atoms with Gasteiger partial charge in [0, 0.05) is 39.6 Å². The molecule has 0 aliphatic heterocycles. The Kier molecular flexibility index (Phi) is 15.3. The SMILES string of the molecule is C=CC(=C)NC.COCCCNPc1ccc(NCCCN(C)C)c(S(=O)(=O)C(F)(F)F)c1. The summed E-state index contributed by atoms with van der Waals surface area (Å²) in [7, 11) is 1.72. The van der Waals surface area contributed by atoms with Gasteiger partial charge in [-0.3, -0.25) is 5.09 Å². The van der Waals surface area contributed by atoms with Gasteiger partial charge in [0.05, 0.1) is 10.6 Å². The Hall–Kier alpha value is -1.65. The summed E-state index contributed by atoms with van der Waals surface area (Å²) in [6.07, 6.45) is 3.09. The maximum Gasteiger partial charge on any atom is 0.501 e. The van der Waals surface area contributed by atoms with Crippen molar-refractivity contribution in [3.63, 3.8) is 0 Å². The van der Waals surface area contributed by atoms with Gasteiger partial charge >= 0.3 is 5.51 Å². The van der Waals surface area contributed by atoms with E-state index in [9.17, 15) is 21.6 Å². The van der Waals surface area contributed by atoms with Crippen LogP contribution in [0, 0.1) is 0 Å². The fourth-order valence-corrected chi connectivity index (χ4v) is 4.24. The third kappa shape index (κ3) is 12.4. The second-order valence-corrected chi connectivity index (χ2v) is 10.2. The third-order valence-corrected chi connectivity index (χ3v) is 6.68. The van der Waals surface area contributed by atoms with Crippen LogP contribution in [0.5, 0.6) is 0 Å². The number of halogens is 3. The van der Waals surface area contributed by atoms with Crippen LogP contribution in [0.4, 0.5) is 18.9 Å². The van der Waals surface area contributed by atoms with Gasteiger partial charge in [-0.2, -0.15) is 13.2 Å². The maximum absolute atomic E-state index is 13.1. The predicted octanol–water partition coefficient (Wildman–Crippen LogP) is 3.09. The molecule has 0 aliphatic carbocycles. The largest absolute Gasteiger partial charge is 0.501 e. The number of hydrogen-bond donors (Lipinski definition) is 3. The monoisotopic (exact) mass is 512 g/mol. The van der Waals surface area contributed by atoms with Crippen molar-refractivity contribution in [2.45, 2.75) is 23.2 Å². The zero-order chi connectivity index (χ0) is 25.5. The van der Waals surface area contributed by atoms with Gasteiger partial charge in [0.2, 0.25) is 0 Å². The molecule has 1 aromatic carbocycles. The zero-order valence-electron chi connectivity index (χ0n) is 19.7. The first kappa shape index (κ1) is 31.4. The fraction of sp³-hybridized carbons (Fsp3) is 0.524. The first-order valence-corrected chi connectivity index (χ1v) is 12.7. The highest BCUT2D eigenvalue weighted by Crippen LogP contribution is 2.34. The lowest BCUT2D eigenvalue weighted by Gasteiger charge is -2.16. The van der Waals surface area contributed by atoms with Crippen LogP contribution in [0.2, 0.25) is 0 Å². The molecule has 0 saturated carbocycles. The van der Waals surface area contributed by atoms with Gasteiger partial charge in [0.1, 0.15) is 0 Å². The van der Waals surface area contributed by atoms with Crippen LogP contribution < -0.4 is 21.0 Å². The van der Waals surface area contributed by atoms with Crippen LogP contribution in [0.15, 0.2) is 48.0 Å². The maximum atomic E-state index is 13.1. The molecule has 0 saturated heterocycles. The van der Waals surface area contributed by atoms with Crippen molar-refractivity contribution >= 4 is 29.6 Å². The van der Waals surface area contributed by atoms with E-state index in [0.717, 1.165) is 24.7 Å². The molecular weight excluding hydrogens is 476 g/mol. The molecule has 1 unspecified atom stereocenters. The van der Waals surface area contributed by atoms with E-state index in [-0.39, 0.29) is 14.4 Å². The second-order valence-electron chi connectivity index (χ2n) is 7.12. The number of sulfone groups is 1. The molecule has 0 amide bonds. The molecule has 0 aromatic heterocycles. The van der Waals surface area contributed by atoms with Gasteiger partial charge < -0.3 is 20.3 Å². The first-order chi connectivity index (χ1) is 15.4. The Morgan fingerprint density at radius 2 is 1.91 bits per heavy atom. The van der Waals surface area contributed by atoms with E-state index >= 15 is 0 Å². The number of ether oxygens (including phenoxy) is 1. The number of methoxy groups -OCH3 is 1. The van der Waals surface area contributed by atoms with E-state index in [4.69, 9.17) is 4.74 Å². The van der Waals surface area contributed by atoms with Crippen molar-refractivity contribution in [3.8, 4) is 0 Å². The standard InChI is InChI=1S/C16H27F3N3O3PS.C5H9N/c1-22(2)10-4-8-20-14-7-6-13(26-21-9-5-11-25-3)12-15(14)27(23,24)16(17,18)19;1-4-5(2)6-3/h6-7,12,20-21,26H,4-5,8-11H2,1-3H3;4,6H,1-2H2,3H3. The Bertz CT molecular complexity index is 835. The Morgan fingerprint density at radius 3 is 2.39 bits per heavy atom. The summed E-state index contributed by atoms with van der Waals surface area (Å²) in [5.41, 5.74) is -4.52. The Labute approximate surface area is 197 Å². The van der Waals surface area contributed by atoms with Gasteiger partial charge in [0.25, 0.3) is 9.84 Å². The van der Waals surface area contributed by atoms with Crippen LogP contribution in [-0.4, -0.2) is 73.3 Å². The number of rotatable bonds is 14. The average molecular weight is 513 g/mol. The van der Waals surface area contributed by atoms with Crippen molar-refractivity contribution in [1.29, 1.82) is 0 Å². The van der Waals surface area contributed by atoms with E-state index in [1.807, 2.05) is 26.0 Å². The van der Waals surface area contributed by atoms with Gasteiger partial charge in [0.15, 0.2) is 0 Å². The third-order valence-electron chi connectivity index (χ3n) is 4.12. The highest BCUT2D eigenvalue weighted by Gasteiger charge is 2.48. The second kappa shape index (κ2) is 16.1. The first-order valence-electron chi connectivity index (χ1n) is 10.2. The van der Waals surface area contributed by atoms with Crippen LogP contribution in [0.25, 0.3) is 0 Å². The van der Waals surface area contributed by atoms with E-state index in [1.165, 1.54) is 6.07 Å². The summed E-state index contributed by atoms with van der Waals surface area (Å²) in [6, 6.07) is 4.12. The van der Waals surface area contributed by atoms with E-state index in [1.54, 1.807) is 19.3 Å². The lowest BCUT2D eigenvalue weighted by atomic mass is 10.3. The average Bonchev–Trinajstić information content (AvgIpc) is 2.76. The highest BCUT2D eigenvalue weighted by molar-refractivity contribution is 7.92. The van der Waals surface area contributed by atoms with Crippen molar-refractivity contribution in [2.75, 3.05) is 59.8 Å². The smallest absolute Gasteiger partial charge is 0.389 e. The Morgan fingerprint density at radius 1 is 1.24 bits per heavy atom. The van der Waals surface area contributed by atoms with Crippen LogP contribution in [0.1, 0.15) is 12.8 Å². The molecule has 1 aromatic rings. The number of allylic oxidation sites excluding steroid dienone is 1. The van der Waals surface area contributed by atoms with Crippen LogP contribution in [-0.2, 0) is 14.6 Å². The minimum atomic E-state index is -5.44. The number of likely N-dealkylation sites (N-methyl/N-ethyl adjacent to an activating group) is 1. The number of nitrogens with one attached hydrogen (secondary N) is 3. The molecule has 7 nitrogen and oxygen atoms in total.